The smallest absolute Gasteiger partial charge is 0.493 e. The largest absolute Gasteiger partial charge is 2.00 e. The Morgan fingerprint density at radius 2 is 0.553 bits per heavy atom. The van der Waals surface area contributed by atoms with Gasteiger partial charge in [0, 0.05) is 22.3 Å². The average Bonchev–Trinajstić information content (AvgIpc) is 3.09. The van der Waals surface area contributed by atoms with Gasteiger partial charge in [0.25, 0.3) is 0 Å². The Bertz CT molecular complexity index is 1870. The summed E-state index contributed by atoms with van der Waals surface area (Å²) in [4.78, 5) is 0. The minimum Gasteiger partial charge on any atom is -0.493 e. The third-order valence-corrected chi connectivity index (χ3v) is 17.7. The van der Waals surface area contributed by atoms with Crippen LogP contribution in [0.4, 0.5) is 0 Å². The fourth-order valence-electron chi connectivity index (χ4n) is 12.2. The van der Waals surface area contributed by atoms with E-state index in [4.69, 9.17) is 0 Å². The molecular formula is C82H142N2Ni. The molecule has 2 aromatic carbocycles. The maximum absolute atomic E-state index is 12.5. The third kappa shape index (κ3) is 44.6. The van der Waals surface area contributed by atoms with E-state index in [0.29, 0.717) is 0 Å². The van der Waals surface area contributed by atoms with Gasteiger partial charge in [0.1, 0.15) is 0 Å². The molecule has 0 N–H and O–H groups in total. The molecule has 0 amide bonds. The maximum atomic E-state index is 12.5. The van der Waals surface area contributed by atoms with Crippen LogP contribution in [-0.4, -0.2) is 4.70 Å². The molecule has 490 valence electrons. The zero-order chi connectivity index (χ0) is 60.9. The first-order valence-electron chi connectivity index (χ1n) is 37.5. The molecule has 85 heavy (non-hydrogen) atoms. The number of benzene rings is 2. The van der Waals surface area contributed by atoms with Crippen molar-refractivity contribution in [2.75, 3.05) is 0 Å². The molecule has 0 unspecified atom stereocenters. The van der Waals surface area contributed by atoms with Gasteiger partial charge in [-0.25, -0.2) is 4.70 Å². The van der Waals surface area contributed by atoms with E-state index in [1.165, 1.54) is 329 Å². The number of nitrogens with zero attached hydrogens (tertiary/aromatic N) is 2. The topological polar surface area (TPSA) is 25.3 Å². The Hall–Kier alpha value is -2.51. The number of hydrogen-bond acceptors (Lipinski definition) is 0. The molecule has 1 aliphatic rings. The summed E-state index contributed by atoms with van der Waals surface area (Å²) in [5.41, 5.74) is 22.4. The first-order valence-corrected chi connectivity index (χ1v) is 37.5. The van der Waals surface area contributed by atoms with Crippen LogP contribution in [0.15, 0.2) is 84.0 Å². The summed E-state index contributed by atoms with van der Waals surface area (Å²) in [6.45, 7) is 20.7. The van der Waals surface area contributed by atoms with Gasteiger partial charge in [-0.1, -0.05) is 365 Å². The van der Waals surface area contributed by atoms with Crippen LogP contribution in [-0.2, 0) is 29.3 Å². The van der Waals surface area contributed by atoms with Crippen LogP contribution in [0.3, 0.4) is 0 Å². The van der Waals surface area contributed by atoms with Gasteiger partial charge in [-0.15, -0.1) is 0 Å². The number of rotatable bonds is 56. The molecule has 1 aliphatic heterocycles. The number of unbranched alkanes of at least 4 members (excludes halogenated alkanes) is 43. The van der Waals surface area contributed by atoms with Gasteiger partial charge >= 0.3 is 16.5 Å². The Morgan fingerprint density at radius 3 is 0.835 bits per heavy atom. The van der Waals surface area contributed by atoms with E-state index in [0.717, 1.165) is 62.8 Å². The first kappa shape index (κ1) is 82.5. The minimum atomic E-state index is 0. The Kier molecular flexibility index (Phi) is 62.6. The van der Waals surface area contributed by atoms with Gasteiger partial charge in [-0.3, -0.25) is 0 Å². The van der Waals surface area contributed by atoms with Crippen LogP contribution >= 0.6 is 0 Å². The number of hydrogen-bond donors (Lipinski definition) is 0. The quantitative estimate of drug-likeness (QED) is 0.0207. The second-order valence-corrected chi connectivity index (χ2v) is 25.5. The van der Waals surface area contributed by atoms with Crippen molar-refractivity contribution < 1.29 is 21.2 Å². The van der Waals surface area contributed by atoms with Crippen molar-refractivity contribution in [2.24, 2.45) is 0 Å². The molecule has 0 saturated carbocycles. The Balaban J connectivity index is 0.00000734. The Morgan fingerprint density at radius 1 is 0.306 bits per heavy atom. The van der Waals surface area contributed by atoms with E-state index in [9.17, 15) is 5.53 Å². The van der Waals surface area contributed by atoms with Crippen molar-refractivity contribution in [1.82, 2.24) is 0 Å². The third-order valence-electron chi connectivity index (χ3n) is 17.7. The van der Waals surface area contributed by atoms with Crippen LogP contribution in [0.2, 0.25) is 0 Å². The summed E-state index contributed by atoms with van der Waals surface area (Å²) in [6.07, 6.45) is 81.7. The van der Waals surface area contributed by atoms with Crippen LogP contribution in [0, 0.1) is 13.8 Å². The average molecular weight is 1210 g/mol. The normalized spacial score (nSPS) is 12.4. The SMILES string of the molecule is CCCCCCCCCCCCCCCCCCCCC=CCCc1ccccc1C1=C(CC)C(CCCCCCCC)=C(c2ccccc2CCC=CCCCCCCCCCCCCCCCCCCCC)[N+]1=[N-].[CH2-]CCC.[CH2-]CCC.[Ni+2]. The van der Waals surface area contributed by atoms with Gasteiger partial charge in [0.15, 0.2) is 0 Å². The molecule has 0 aliphatic carbocycles. The summed E-state index contributed by atoms with van der Waals surface area (Å²) < 4.78 is 1.63. The summed E-state index contributed by atoms with van der Waals surface area (Å²) in [6, 6.07) is 17.9. The monoisotopic (exact) mass is 1210 g/mol. The van der Waals surface area contributed by atoms with Gasteiger partial charge in [0.05, 0.1) is 0 Å². The van der Waals surface area contributed by atoms with E-state index >= 15 is 0 Å². The van der Waals surface area contributed by atoms with Crippen molar-refractivity contribution in [3.05, 3.63) is 126 Å². The van der Waals surface area contributed by atoms with Crippen molar-refractivity contribution in [3.63, 3.8) is 0 Å². The number of aryl methyl sites for hydroxylation is 2. The molecule has 0 atom stereocenters. The van der Waals surface area contributed by atoms with Crippen LogP contribution in [0.1, 0.15) is 398 Å². The molecule has 3 heteroatoms. The van der Waals surface area contributed by atoms with Gasteiger partial charge in [-0.05, 0) is 93.9 Å². The second kappa shape index (κ2) is 64.5. The van der Waals surface area contributed by atoms with Gasteiger partial charge in [0.2, 0.25) is 11.4 Å². The van der Waals surface area contributed by atoms with E-state index < -0.39 is 0 Å². The zero-order valence-electron chi connectivity index (χ0n) is 57.7. The zero-order valence-corrected chi connectivity index (χ0v) is 58.7. The summed E-state index contributed by atoms with van der Waals surface area (Å²) >= 11 is 0. The van der Waals surface area contributed by atoms with Crippen LogP contribution in [0.25, 0.3) is 16.9 Å². The molecule has 1 heterocycles. The van der Waals surface area contributed by atoms with E-state index in [1.54, 1.807) is 4.70 Å². The first-order chi connectivity index (χ1) is 41.5. The molecule has 3 rings (SSSR count). The molecule has 2 aromatic rings. The molecule has 0 saturated heterocycles. The van der Waals surface area contributed by atoms with Crippen molar-refractivity contribution >= 4 is 11.4 Å². The molecule has 0 aromatic heterocycles. The fraction of sp³-hybridized carbons (Fsp3) is 0.732. The minimum absolute atomic E-state index is 0. The fourth-order valence-corrected chi connectivity index (χ4v) is 12.2. The predicted molar refractivity (Wildman–Crippen MR) is 381 cm³/mol. The molecule has 0 spiro atoms. The summed E-state index contributed by atoms with van der Waals surface area (Å²) in [7, 11) is 0. The van der Waals surface area contributed by atoms with Crippen LogP contribution < -0.4 is 0 Å². The predicted octanol–water partition coefficient (Wildman–Crippen LogP) is 29.1. The van der Waals surface area contributed by atoms with E-state index in [2.05, 4.69) is 128 Å². The molecule has 2 nitrogen and oxygen atoms in total. The molecule has 0 bridgehead atoms. The maximum Gasteiger partial charge on any atom is 2.00 e. The van der Waals surface area contributed by atoms with Crippen molar-refractivity contribution in [1.29, 1.82) is 0 Å². The van der Waals surface area contributed by atoms with Gasteiger partial charge in [-0.2, -0.15) is 12.8 Å². The number of allylic oxidation sites excluding steroid dienone is 6. The molecule has 0 radical (unpaired) electrons. The molecular weight excluding hydrogens is 1070 g/mol. The summed E-state index contributed by atoms with van der Waals surface area (Å²) in [5.74, 6) is 0. The standard InChI is InChI=1S/C74H124N2.2C4H9.Ni/c1-5-9-12-15-18-20-22-24-26-28-30-32-34-36-38-40-42-44-46-48-50-53-60-67-62-56-58-64-70(67)73-69(8-4)72(66-55-52-17-14-11-7-3)74(76(73)75)71-65-59-57-63-68(71)61-54-51-49-47-45-43-41-39-37-35-33-31-29-27-25-23-21-19-16-13-10-6-2;2*1-3-4-2;/h48-51,56-59,62-65H,5-47,52-55,60-61,66H2,1-4H3;2*1,3-4H2,2H3;/q;2*-1;+2. The Labute approximate surface area is 543 Å². The second-order valence-electron chi connectivity index (χ2n) is 25.5. The molecule has 0 fully saturated rings. The van der Waals surface area contributed by atoms with Gasteiger partial charge < -0.3 is 19.4 Å². The van der Waals surface area contributed by atoms with Crippen molar-refractivity contribution in [3.8, 4) is 0 Å². The van der Waals surface area contributed by atoms with E-state index in [1.807, 2.05) is 0 Å². The van der Waals surface area contributed by atoms with Crippen LogP contribution in [0.5, 0.6) is 0 Å². The van der Waals surface area contributed by atoms with E-state index in [-0.39, 0.29) is 16.5 Å². The van der Waals surface area contributed by atoms with Crippen molar-refractivity contribution in [2.45, 2.75) is 388 Å². The summed E-state index contributed by atoms with van der Waals surface area (Å²) in [5, 5.41) is 0.